The SMILES string of the molecule is Cc1nn(C)c(C)c1CCCNC(=O)N1CCC(C)(C(=O)O)C1. The zero-order valence-corrected chi connectivity index (χ0v) is 14.3. The fraction of sp³-hybridized carbons (Fsp3) is 0.688. The lowest BCUT2D eigenvalue weighted by molar-refractivity contribution is -0.146. The van der Waals surface area contributed by atoms with Crippen LogP contribution in [0.25, 0.3) is 0 Å². The van der Waals surface area contributed by atoms with Gasteiger partial charge in [-0.05, 0) is 45.6 Å². The average molecular weight is 322 g/mol. The van der Waals surface area contributed by atoms with Crippen LogP contribution in [-0.2, 0) is 18.3 Å². The minimum atomic E-state index is -0.838. The molecule has 1 aromatic heterocycles. The largest absolute Gasteiger partial charge is 0.481 e. The molecule has 2 rings (SSSR count). The Labute approximate surface area is 136 Å². The van der Waals surface area contributed by atoms with Crippen molar-refractivity contribution in [1.29, 1.82) is 0 Å². The number of carboxylic acids is 1. The van der Waals surface area contributed by atoms with Crippen molar-refractivity contribution in [3.8, 4) is 0 Å². The van der Waals surface area contributed by atoms with Crippen molar-refractivity contribution in [2.75, 3.05) is 19.6 Å². The summed E-state index contributed by atoms with van der Waals surface area (Å²) >= 11 is 0. The lowest BCUT2D eigenvalue weighted by atomic mass is 9.90. The van der Waals surface area contributed by atoms with Gasteiger partial charge in [-0.1, -0.05) is 0 Å². The highest BCUT2D eigenvalue weighted by Gasteiger charge is 2.42. The van der Waals surface area contributed by atoms with Crippen LogP contribution in [-0.4, -0.2) is 51.4 Å². The molecule has 128 valence electrons. The van der Waals surface area contributed by atoms with Crippen LogP contribution in [0.3, 0.4) is 0 Å². The molecule has 23 heavy (non-hydrogen) atoms. The number of aryl methyl sites for hydroxylation is 2. The topological polar surface area (TPSA) is 87.5 Å². The number of aliphatic carboxylic acids is 1. The van der Waals surface area contributed by atoms with Crippen LogP contribution in [0.2, 0.25) is 0 Å². The first-order valence-electron chi connectivity index (χ1n) is 8.00. The van der Waals surface area contributed by atoms with Gasteiger partial charge in [-0.25, -0.2) is 4.79 Å². The minimum absolute atomic E-state index is 0.172. The molecule has 7 heteroatoms. The molecular formula is C16H26N4O3. The van der Waals surface area contributed by atoms with E-state index in [1.54, 1.807) is 11.8 Å². The fourth-order valence-electron chi connectivity index (χ4n) is 3.06. The summed E-state index contributed by atoms with van der Waals surface area (Å²) in [5, 5.41) is 16.5. The van der Waals surface area contributed by atoms with Crippen LogP contribution in [0, 0.1) is 19.3 Å². The van der Waals surface area contributed by atoms with E-state index in [1.165, 1.54) is 5.56 Å². The van der Waals surface area contributed by atoms with Crippen LogP contribution in [0.4, 0.5) is 4.79 Å². The zero-order chi connectivity index (χ0) is 17.2. The second-order valence-electron chi connectivity index (χ2n) is 6.65. The second-order valence-corrected chi connectivity index (χ2v) is 6.65. The molecule has 1 aliphatic heterocycles. The van der Waals surface area contributed by atoms with Crippen molar-refractivity contribution in [3.63, 3.8) is 0 Å². The first-order valence-corrected chi connectivity index (χ1v) is 8.00. The van der Waals surface area contributed by atoms with E-state index < -0.39 is 11.4 Å². The molecule has 2 heterocycles. The standard InChI is InChI=1S/C16H26N4O3/c1-11-13(12(2)19(4)18-11)6-5-8-17-15(23)20-9-7-16(3,10-20)14(21)22/h5-10H2,1-4H3,(H,17,23)(H,21,22). The summed E-state index contributed by atoms with van der Waals surface area (Å²) < 4.78 is 1.88. The van der Waals surface area contributed by atoms with Gasteiger partial charge in [-0.2, -0.15) is 5.10 Å². The van der Waals surface area contributed by atoms with E-state index in [1.807, 2.05) is 25.6 Å². The molecule has 0 aromatic carbocycles. The molecule has 0 spiro atoms. The smallest absolute Gasteiger partial charge is 0.317 e. The number of nitrogens with zero attached hydrogens (tertiary/aromatic N) is 3. The Hall–Kier alpha value is -2.05. The average Bonchev–Trinajstić information content (AvgIpc) is 2.99. The third-order valence-electron chi connectivity index (χ3n) is 4.82. The van der Waals surface area contributed by atoms with E-state index in [2.05, 4.69) is 10.4 Å². The summed E-state index contributed by atoms with van der Waals surface area (Å²) in [6, 6.07) is -0.172. The Morgan fingerprint density at radius 1 is 1.39 bits per heavy atom. The highest BCUT2D eigenvalue weighted by molar-refractivity contribution is 5.79. The van der Waals surface area contributed by atoms with Crippen LogP contribution >= 0.6 is 0 Å². The maximum atomic E-state index is 12.1. The number of carbonyl (C=O) groups excluding carboxylic acids is 1. The van der Waals surface area contributed by atoms with Gasteiger partial charge in [0.15, 0.2) is 0 Å². The molecule has 1 unspecified atom stereocenters. The number of carbonyl (C=O) groups is 2. The Morgan fingerprint density at radius 3 is 2.61 bits per heavy atom. The van der Waals surface area contributed by atoms with Gasteiger partial charge in [0, 0.05) is 32.4 Å². The number of urea groups is 1. The summed E-state index contributed by atoms with van der Waals surface area (Å²) in [5.74, 6) is -0.838. The monoisotopic (exact) mass is 322 g/mol. The summed E-state index contributed by atoms with van der Waals surface area (Å²) in [6.07, 6.45) is 2.21. The van der Waals surface area contributed by atoms with Gasteiger partial charge >= 0.3 is 12.0 Å². The van der Waals surface area contributed by atoms with E-state index >= 15 is 0 Å². The van der Waals surface area contributed by atoms with Crippen molar-refractivity contribution < 1.29 is 14.7 Å². The Kier molecular flexibility index (Phi) is 4.97. The molecule has 0 radical (unpaired) electrons. The Bertz CT molecular complexity index is 611. The van der Waals surface area contributed by atoms with Crippen LogP contribution in [0.1, 0.15) is 36.7 Å². The second kappa shape index (κ2) is 6.60. The van der Waals surface area contributed by atoms with Crippen LogP contribution in [0.5, 0.6) is 0 Å². The number of likely N-dealkylation sites (tertiary alicyclic amines) is 1. The molecule has 0 saturated carbocycles. The number of nitrogens with one attached hydrogen (secondary N) is 1. The fourth-order valence-corrected chi connectivity index (χ4v) is 3.06. The highest BCUT2D eigenvalue weighted by atomic mass is 16.4. The van der Waals surface area contributed by atoms with E-state index in [-0.39, 0.29) is 12.6 Å². The van der Waals surface area contributed by atoms with Gasteiger partial charge in [-0.15, -0.1) is 0 Å². The predicted octanol–water partition coefficient (Wildman–Crippen LogP) is 1.48. The van der Waals surface area contributed by atoms with E-state index in [9.17, 15) is 14.7 Å². The Balaban J connectivity index is 1.77. The van der Waals surface area contributed by atoms with Crippen LogP contribution < -0.4 is 5.32 Å². The van der Waals surface area contributed by atoms with Crippen molar-refractivity contribution in [3.05, 3.63) is 17.0 Å². The van der Waals surface area contributed by atoms with Crippen molar-refractivity contribution in [2.24, 2.45) is 12.5 Å². The quantitative estimate of drug-likeness (QED) is 0.804. The number of hydrogen-bond acceptors (Lipinski definition) is 3. The third kappa shape index (κ3) is 3.65. The van der Waals surface area contributed by atoms with Gasteiger partial charge in [0.2, 0.25) is 0 Å². The molecule has 1 aliphatic rings. The number of aromatic nitrogens is 2. The molecule has 2 N–H and O–H groups in total. The Morgan fingerprint density at radius 2 is 2.09 bits per heavy atom. The summed E-state index contributed by atoms with van der Waals surface area (Å²) in [6.45, 7) is 7.08. The molecular weight excluding hydrogens is 296 g/mol. The normalized spacial score (nSPS) is 20.8. The lowest BCUT2D eigenvalue weighted by Gasteiger charge is -2.20. The predicted molar refractivity (Wildman–Crippen MR) is 86.3 cm³/mol. The zero-order valence-electron chi connectivity index (χ0n) is 14.3. The number of amides is 2. The van der Waals surface area contributed by atoms with Gasteiger partial charge in [-0.3, -0.25) is 9.48 Å². The van der Waals surface area contributed by atoms with Gasteiger partial charge in [0.25, 0.3) is 0 Å². The van der Waals surface area contributed by atoms with E-state index in [0.717, 1.165) is 24.2 Å². The maximum absolute atomic E-state index is 12.1. The molecule has 0 bridgehead atoms. The number of hydrogen-bond donors (Lipinski definition) is 2. The molecule has 7 nitrogen and oxygen atoms in total. The van der Waals surface area contributed by atoms with Crippen LogP contribution in [0.15, 0.2) is 0 Å². The van der Waals surface area contributed by atoms with E-state index in [0.29, 0.717) is 19.5 Å². The van der Waals surface area contributed by atoms with Gasteiger partial charge < -0.3 is 15.3 Å². The van der Waals surface area contributed by atoms with Gasteiger partial charge in [0.05, 0.1) is 11.1 Å². The number of rotatable bonds is 5. The lowest BCUT2D eigenvalue weighted by Crippen LogP contribution is -2.41. The molecule has 2 amide bonds. The molecule has 1 atom stereocenters. The number of carboxylic acid groups (broad SMARTS) is 1. The van der Waals surface area contributed by atoms with Crippen molar-refractivity contribution >= 4 is 12.0 Å². The molecule has 1 fully saturated rings. The summed E-state index contributed by atoms with van der Waals surface area (Å²) in [5.41, 5.74) is 2.61. The first kappa shape index (κ1) is 17.3. The van der Waals surface area contributed by atoms with E-state index in [4.69, 9.17) is 0 Å². The third-order valence-corrected chi connectivity index (χ3v) is 4.82. The van der Waals surface area contributed by atoms with Crippen molar-refractivity contribution in [1.82, 2.24) is 20.0 Å². The van der Waals surface area contributed by atoms with Crippen molar-refractivity contribution in [2.45, 2.75) is 40.0 Å². The minimum Gasteiger partial charge on any atom is -0.481 e. The molecule has 1 saturated heterocycles. The highest BCUT2D eigenvalue weighted by Crippen LogP contribution is 2.29. The first-order chi connectivity index (χ1) is 10.7. The summed E-state index contributed by atoms with van der Waals surface area (Å²) in [7, 11) is 1.93. The molecule has 0 aliphatic carbocycles. The summed E-state index contributed by atoms with van der Waals surface area (Å²) in [4.78, 5) is 24.9. The molecule has 1 aromatic rings. The van der Waals surface area contributed by atoms with Gasteiger partial charge in [0.1, 0.15) is 0 Å². The maximum Gasteiger partial charge on any atom is 0.317 e.